The van der Waals surface area contributed by atoms with Crippen LogP contribution in [0.4, 0.5) is 0 Å². The summed E-state index contributed by atoms with van der Waals surface area (Å²) in [4.78, 5) is 15.5. The Labute approximate surface area is 196 Å². The van der Waals surface area contributed by atoms with Crippen LogP contribution in [0.1, 0.15) is 55.7 Å². The molecule has 0 saturated heterocycles. The molecule has 2 aliphatic rings. The summed E-state index contributed by atoms with van der Waals surface area (Å²) in [7, 11) is 4.92. The van der Waals surface area contributed by atoms with Crippen LogP contribution in [0.2, 0.25) is 0 Å². The minimum atomic E-state index is -0.199. The van der Waals surface area contributed by atoms with Crippen LogP contribution in [0, 0.1) is 5.92 Å². The minimum Gasteiger partial charge on any atom is -0.493 e. The summed E-state index contributed by atoms with van der Waals surface area (Å²) in [6, 6.07) is 11.5. The zero-order chi connectivity index (χ0) is 23.2. The second-order valence-corrected chi connectivity index (χ2v) is 8.93. The monoisotopic (exact) mass is 453 g/mol. The molecule has 1 heterocycles. The smallest absolute Gasteiger partial charge is 0.223 e. The summed E-state index contributed by atoms with van der Waals surface area (Å²) < 4.78 is 22.8. The van der Waals surface area contributed by atoms with Gasteiger partial charge in [-0.1, -0.05) is 31.4 Å². The van der Waals surface area contributed by atoms with E-state index in [9.17, 15) is 4.79 Å². The second kappa shape index (κ2) is 10.8. The first-order valence-electron chi connectivity index (χ1n) is 11.9. The molecule has 0 bridgehead atoms. The summed E-state index contributed by atoms with van der Waals surface area (Å²) in [5.74, 6) is 3.45. The number of carbonyl (C=O) groups is 1. The van der Waals surface area contributed by atoms with Crippen LogP contribution in [0.15, 0.2) is 36.4 Å². The molecular weight excluding hydrogens is 418 g/mol. The summed E-state index contributed by atoms with van der Waals surface area (Å²) in [5, 5.41) is 0. The van der Waals surface area contributed by atoms with Crippen LogP contribution in [0.25, 0.3) is 0 Å². The highest BCUT2D eigenvalue weighted by Gasteiger charge is 2.34. The van der Waals surface area contributed by atoms with Crippen molar-refractivity contribution in [2.75, 3.05) is 34.5 Å². The number of methoxy groups -OCH3 is 3. The summed E-state index contributed by atoms with van der Waals surface area (Å²) >= 11 is 0. The van der Waals surface area contributed by atoms with E-state index in [0.717, 1.165) is 24.8 Å². The van der Waals surface area contributed by atoms with Gasteiger partial charge in [0.25, 0.3) is 0 Å². The first-order valence-corrected chi connectivity index (χ1v) is 11.9. The zero-order valence-corrected chi connectivity index (χ0v) is 20.0. The van der Waals surface area contributed by atoms with E-state index in [2.05, 4.69) is 0 Å². The van der Waals surface area contributed by atoms with Crippen molar-refractivity contribution < 1.29 is 23.7 Å². The Kier molecular flexibility index (Phi) is 7.63. The van der Waals surface area contributed by atoms with E-state index >= 15 is 0 Å². The number of fused-ring (bicyclic) bond motifs is 1. The number of ether oxygens (including phenoxy) is 4. The number of para-hydroxylation sites is 2. The lowest BCUT2D eigenvalue weighted by molar-refractivity contribution is -0.136. The molecule has 6 nitrogen and oxygen atoms in total. The van der Waals surface area contributed by atoms with Crippen LogP contribution in [-0.2, 0) is 11.2 Å². The van der Waals surface area contributed by atoms with Crippen molar-refractivity contribution in [3.8, 4) is 23.0 Å². The van der Waals surface area contributed by atoms with Gasteiger partial charge in [-0.05, 0) is 60.6 Å². The van der Waals surface area contributed by atoms with Crippen LogP contribution < -0.4 is 18.9 Å². The molecule has 2 aromatic carbocycles. The Bertz CT molecular complexity index is 954. The number of amides is 1. The Morgan fingerprint density at radius 3 is 2.27 bits per heavy atom. The van der Waals surface area contributed by atoms with Gasteiger partial charge in [-0.25, -0.2) is 0 Å². The zero-order valence-electron chi connectivity index (χ0n) is 20.0. The molecule has 1 aliphatic heterocycles. The van der Waals surface area contributed by atoms with Gasteiger partial charge in [0, 0.05) is 13.0 Å². The summed E-state index contributed by atoms with van der Waals surface area (Å²) in [6.45, 7) is 1.02. The Morgan fingerprint density at radius 2 is 1.58 bits per heavy atom. The van der Waals surface area contributed by atoms with Crippen LogP contribution in [0.5, 0.6) is 23.0 Å². The van der Waals surface area contributed by atoms with Crippen molar-refractivity contribution in [3.05, 3.63) is 47.5 Å². The first-order chi connectivity index (χ1) is 16.1. The SMILES string of the molecule is COc1cc2c(cc1OC)C(COc1ccccc1OC)N(C(=O)CC1CCCCC1)CC2. The van der Waals surface area contributed by atoms with Gasteiger partial charge in [0.15, 0.2) is 23.0 Å². The van der Waals surface area contributed by atoms with Gasteiger partial charge in [-0.3, -0.25) is 4.79 Å². The van der Waals surface area contributed by atoms with E-state index in [0.29, 0.717) is 48.5 Å². The van der Waals surface area contributed by atoms with E-state index in [4.69, 9.17) is 18.9 Å². The van der Waals surface area contributed by atoms with Crippen molar-refractivity contribution in [2.45, 2.75) is 51.0 Å². The van der Waals surface area contributed by atoms with Crippen LogP contribution >= 0.6 is 0 Å². The lowest BCUT2D eigenvalue weighted by Crippen LogP contribution is -2.43. The van der Waals surface area contributed by atoms with Crippen molar-refractivity contribution in [3.63, 3.8) is 0 Å². The minimum absolute atomic E-state index is 0.199. The van der Waals surface area contributed by atoms with E-state index < -0.39 is 0 Å². The third kappa shape index (κ3) is 5.21. The van der Waals surface area contributed by atoms with Gasteiger partial charge in [-0.15, -0.1) is 0 Å². The lowest BCUT2D eigenvalue weighted by atomic mass is 9.85. The van der Waals surface area contributed by atoms with Gasteiger partial charge in [-0.2, -0.15) is 0 Å². The standard InChI is InChI=1S/C27H35NO5/c1-30-23-11-7-8-12-24(23)33-18-22-21-17-26(32-3)25(31-2)16-20(21)13-14-28(22)27(29)15-19-9-5-4-6-10-19/h7-8,11-12,16-17,19,22H,4-6,9-10,13-15,18H2,1-3H3. The Hall–Kier alpha value is -2.89. The second-order valence-electron chi connectivity index (χ2n) is 8.93. The van der Waals surface area contributed by atoms with Crippen LogP contribution in [0.3, 0.4) is 0 Å². The van der Waals surface area contributed by atoms with Gasteiger partial charge >= 0.3 is 0 Å². The molecule has 0 N–H and O–H groups in total. The third-order valence-electron chi connectivity index (χ3n) is 6.98. The van der Waals surface area contributed by atoms with Crippen molar-refractivity contribution in [2.24, 2.45) is 5.92 Å². The fraction of sp³-hybridized carbons (Fsp3) is 0.519. The molecule has 6 heteroatoms. The predicted molar refractivity (Wildman–Crippen MR) is 127 cm³/mol. The van der Waals surface area contributed by atoms with Gasteiger partial charge in [0.2, 0.25) is 5.91 Å². The molecular formula is C27H35NO5. The highest BCUT2D eigenvalue weighted by molar-refractivity contribution is 5.77. The molecule has 1 aliphatic carbocycles. The molecule has 1 saturated carbocycles. The summed E-state index contributed by atoms with van der Waals surface area (Å²) in [6.07, 6.45) is 7.48. The van der Waals surface area contributed by atoms with Crippen molar-refractivity contribution in [1.82, 2.24) is 4.90 Å². The number of rotatable bonds is 8. The maximum absolute atomic E-state index is 13.5. The van der Waals surface area contributed by atoms with E-state index in [1.807, 2.05) is 41.3 Å². The van der Waals surface area contributed by atoms with E-state index in [1.54, 1.807) is 21.3 Å². The molecule has 4 rings (SSSR count). The molecule has 0 radical (unpaired) electrons. The normalized spacial score (nSPS) is 18.4. The lowest BCUT2D eigenvalue weighted by Gasteiger charge is -2.38. The number of nitrogens with zero attached hydrogens (tertiary/aromatic N) is 1. The third-order valence-corrected chi connectivity index (χ3v) is 6.98. The average Bonchev–Trinajstić information content (AvgIpc) is 2.86. The van der Waals surface area contributed by atoms with Crippen molar-refractivity contribution in [1.29, 1.82) is 0 Å². The van der Waals surface area contributed by atoms with Gasteiger partial charge in [0.05, 0.1) is 27.4 Å². The average molecular weight is 454 g/mol. The number of carbonyl (C=O) groups excluding carboxylic acids is 1. The number of benzene rings is 2. The molecule has 0 spiro atoms. The van der Waals surface area contributed by atoms with Gasteiger partial charge < -0.3 is 23.8 Å². The topological polar surface area (TPSA) is 57.2 Å². The quantitative estimate of drug-likeness (QED) is 0.551. The molecule has 1 atom stereocenters. The first kappa shape index (κ1) is 23.3. The molecule has 33 heavy (non-hydrogen) atoms. The molecule has 1 fully saturated rings. The molecule has 1 amide bonds. The Balaban J connectivity index is 1.62. The maximum Gasteiger partial charge on any atom is 0.223 e. The molecule has 0 aromatic heterocycles. The number of hydrogen-bond donors (Lipinski definition) is 0. The van der Waals surface area contributed by atoms with Crippen LogP contribution in [-0.4, -0.2) is 45.3 Å². The van der Waals surface area contributed by atoms with E-state index in [-0.39, 0.29) is 11.9 Å². The van der Waals surface area contributed by atoms with E-state index in [1.165, 1.54) is 24.8 Å². The highest BCUT2D eigenvalue weighted by atomic mass is 16.5. The largest absolute Gasteiger partial charge is 0.493 e. The maximum atomic E-state index is 13.5. The number of hydrogen-bond acceptors (Lipinski definition) is 5. The van der Waals surface area contributed by atoms with Gasteiger partial charge in [0.1, 0.15) is 6.61 Å². The Morgan fingerprint density at radius 1 is 0.909 bits per heavy atom. The van der Waals surface area contributed by atoms with Crippen molar-refractivity contribution >= 4 is 5.91 Å². The highest BCUT2D eigenvalue weighted by Crippen LogP contribution is 2.40. The predicted octanol–water partition coefficient (Wildman–Crippen LogP) is 5.19. The molecule has 2 aromatic rings. The fourth-order valence-electron chi connectivity index (χ4n) is 5.17. The summed E-state index contributed by atoms with van der Waals surface area (Å²) in [5.41, 5.74) is 2.23. The molecule has 178 valence electrons. The molecule has 1 unspecified atom stereocenters. The fourth-order valence-corrected chi connectivity index (χ4v) is 5.17.